The molecule has 0 aromatic heterocycles. The zero-order valence-corrected chi connectivity index (χ0v) is 14.8. The minimum absolute atomic E-state index is 0.202. The molecule has 1 amide bonds. The van der Waals surface area contributed by atoms with Crippen molar-refractivity contribution in [1.82, 2.24) is 4.90 Å². The normalized spacial score (nSPS) is 15.8. The number of ether oxygens (including phenoxy) is 3. The molecule has 0 spiro atoms. The lowest BCUT2D eigenvalue weighted by atomic mass is 10.1. The van der Waals surface area contributed by atoms with E-state index in [-0.39, 0.29) is 4.32 Å². The number of thiocarbonyl (C=S) groups is 1. The maximum absolute atomic E-state index is 12.3. The Morgan fingerprint density at radius 2 is 1.92 bits per heavy atom. The maximum Gasteiger partial charge on any atom is 0.323 e. The summed E-state index contributed by atoms with van der Waals surface area (Å²) in [5.74, 6) is -0.291. The van der Waals surface area contributed by atoms with E-state index in [1.165, 1.54) is 21.3 Å². The number of nitrogens with zero attached hydrogens (tertiary/aromatic N) is 1. The van der Waals surface area contributed by atoms with Crippen LogP contribution in [0.15, 0.2) is 17.0 Å². The molecule has 1 fully saturated rings. The summed E-state index contributed by atoms with van der Waals surface area (Å²) in [7, 11) is 4.47. The number of carbonyl (C=O) groups excluding carboxylic acids is 1. The molecular formula is C15H15NO6S2. The number of carboxylic acids is 1. The first-order chi connectivity index (χ1) is 11.4. The van der Waals surface area contributed by atoms with Crippen molar-refractivity contribution in [2.24, 2.45) is 0 Å². The Bertz CT molecular complexity index is 731. The zero-order valence-electron chi connectivity index (χ0n) is 13.2. The minimum atomic E-state index is -1.13. The van der Waals surface area contributed by atoms with Gasteiger partial charge < -0.3 is 19.3 Å². The highest BCUT2D eigenvalue weighted by molar-refractivity contribution is 8.26. The van der Waals surface area contributed by atoms with E-state index < -0.39 is 18.4 Å². The third-order valence-electron chi connectivity index (χ3n) is 3.19. The average molecular weight is 369 g/mol. The number of benzene rings is 1. The molecule has 1 heterocycles. The van der Waals surface area contributed by atoms with Crippen LogP contribution in [0.3, 0.4) is 0 Å². The Kier molecular flexibility index (Phi) is 5.68. The molecule has 1 saturated heterocycles. The summed E-state index contributed by atoms with van der Waals surface area (Å²) >= 11 is 6.11. The van der Waals surface area contributed by atoms with Gasteiger partial charge in [0, 0.05) is 5.56 Å². The fraction of sp³-hybridized carbons (Fsp3) is 0.267. The molecule has 7 nitrogen and oxygen atoms in total. The van der Waals surface area contributed by atoms with Crippen LogP contribution in [0.2, 0.25) is 0 Å². The first-order valence-electron chi connectivity index (χ1n) is 6.69. The van der Waals surface area contributed by atoms with Gasteiger partial charge in [0.2, 0.25) is 5.75 Å². The highest BCUT2D eigenvalue weighted by atomic mass is 32.2. The smallest absolute Gasteiger partial charge is 0.323 e. The topological polar surface area (TPSA) is 85.3 Å². The van der Waals surface area contributed by atoms with Crippen LogP contribution >= 0.6 is 24.0 Å². The number of aliphatic carboxylic acids is 1. The third kappa shape index (κ3) is 3.46. The van der Waals surface area contributed by atoms with Crippen molar-refractivity contribution in [3.05, 3.63) is 22.6 Å². The molecule has 1 N–H and O–H groups in total. The molecule has 128 valence electrons. The number of carboxylic acid groups (broad SMARTS) is 1. The summed E-state index contributed by atoms with van der Waals surface area (Å²) in [5, 5.41) is 8.86. The first kappa shape index (κ1) is 18.1. The Hall–Kier alpha value is -2.26. The van der Waals surface area contributed by atoms with Crippen LogP contribution in [0.4, 0.5) is 0 Å². The summed E-state index contributed by atoms with van der Waals surface area (Å²) in [6.07, 6.45) is 1.59. The first-order valence-corrected chi connectivity index (χ1v) is 7.91. The molecule has 0 radical (unpaired) electrons. The van der Waals surface area contributed by atoms with Gasteiger partial charge in [-0.05, 0) is 18.2 Å². The minimum Gasteiger partial charge on any atom is -0.493 e. The Labute approximate surface area is 148 Å². The van der Waals surface area contributed by atoms with Gasteiger partial charge in [0.05, 0.1) is 26.2 Å². The molecule has 1 aromatic carbocycles. The van der Waals surface area contributed by atoms with Crippen LogP contribution in [0, 0.1) is 0 Å². The van der Waals surface area contributed by atoms with Crippen molar-refractivity contribution in [2.45, 2.75) is 0 Å². The molecule has 1 aliphatic rings. The van der Waals surface area contributed by atoms with Crippen molar-refractivity contribution < 1.29 is 28.9 Å². The van der Waals surface area contributed by atoms with Crippen molar-refractivity contribution in [2.75, 3.05) is 27.9 Å². The average Bonchev–Trinajstić information content (AvgIpc) is 2.81. The molecule has 0 aliphatic carbocycles. The van der Waals surface area contributed by atoms with Crippen molar-refractivity contribution >= 4 is 46.3 Å². The van der Waals surface area contributed by atoms with E-state index >= 15 is 0 Å². The van der Waals surface area contributed by atoms with Gasteiger partial charge in [-0.15, -0.1) is 0 Å². The lowest BCUT2D eigenvalue weighted by Crippen LogP contribution is -2.33. The number of amides is 1. The van der Waals surface area contributed by atoms with Gasteiger partial charge in [0.25, 0.3) is 5.91 Å². The lowest BCUT2D eigenvalue weighted by Gasteiger charge is -2.14. The fourth-order valence-electron chi connectivity index (χ4n) is 2.15. The highest BCUT2D eigenvalue weighted by Gasteiger charge is 2.33. The van der Waals surface area contributed by atoms with E-state index in [2.05, 4.69) is 0 Å². The highest BCUT2D eigenvalue weighted by Crippen LogP contribution is 2.42. The number of carbonyl (C=O) groups is 2. The Morgan fingerprint density at radius 3 is 2.46 bits per heavy atom. The quantitative estimate of drug-likeness (QED) is 0.602. The molecule has 1 aliphatic heterocycles. The molecule has 24 heavy (non-hydrogen) atoms. The van der Waals surface area contributed by atoms with Crippen LogP contribution in [0.25, 0.3) is 6.08 Å². The van der Waals surface area contributed by atoms with Crippen molar-refractivity contribution in [3.8, 4) is 17.2 Å². The van der Waals surface area contributed by atoms with E-state index in [0.29, 0.717) is 27.7 Å². The second-order valence-corrected chi connectivity index (χ2v) is 6.26. The largest absolute Gasteiger partial charge is 0.493 e. The third-order valence-corrected chi connectivity index (χ3v) is 4.57. The lowest BCUT2D eigenvalue weighted by molar-refractivity contribution is -0.140. The van der Waals surface area contributed by atoms with Gasteiger partial charge in [-0.25, -0.2) is 0 Å². The number of rotatable bonds is 6. The molecule has 0 atom stereocenters. The summed E-state index contributed by atoms with van der Waals surface area (Å²) in [6, 6.07) is 3.40. The molecule has 0 saturated carbocycles. The summed E-state index contributed by atoms with van der Waals surface area (Å²) in [4.78, 5) is 24.5. The van der Waals surface area contributed by atoms with Crippen LogP contribution in [-0.4, -0.2) is 54.1 Å². The maximum atomic E-state index is 12.3. The SMILES string of the molecule is COc1ccc(C=C2SC(=S)N(CC(=O)O)C2=O)c(OC)c1OC. The number of thioether (sulfide) groups is 1. The predicted octanol–water partition coefficient (Wildman–Crippen LogP) is 2.00. The van der Waals surface area contributed by atoms with Gasteiger partial charge >= 0.3 is 5.97 Å². The molecule has 0 unspecified atom stereocenters. The summed E-state index contributed by atoms with van der Waals surface area (Å²) in [5.41, 5.74) is 0.589. The molecule has 0 bridgehead atoms. The van der Waals surface area contributed by atoms with Crippen molar-refractivity contribution in [1.29, 1.82) is 0 Å². The summed E-state index contributed by atoms with van der Waals surface area (Å²) in [6.45, 7) is -0.467. The van der Waals surface area contributed by atoms with Crippen LogP contribution in [0.5, 0.6) is 17.2 Å². The number of methoxy groups -OCH3 is 3. The van der Waals surface area contributed by atoms with Crippen LogP contribution in [0.1, 0.15) is 5.56 Å². The van der Waals surface area contributed by atoms with Gasteiger partial charge in [-0.3, -0.25) is 14.5 Å². The van der Waals surface area contributed by atoms with Gasteiger partial charge in [-0.1, -0.05) is 24.0 Å². The molecule has 1 aromatic rings. The van der Waals surface area contributed by atoms with Gasteiger partial charge in [0.15, 0.2) is 11.5 Å². The van der Waals surface area contributed by atoms with E-state index in [4.69, 9.17) is 31.5 Å². The van der Waals surface area contributed by atoms with E-state index in [1.807, 2.05) is 0 Å². The molecular weight excluding hydrogens is 354 g/mol. The summed E-state index contributed by atoms with van der Waals surface area (Å²) < 4.78 is 16.1. The monoisotopic (exact) mass is 369 g/mol. The molecule has 9 heteroatoms. The van der Waals surface area contributed by atoms with Crippen molar-refractivity contribution in [3.63, 3.8) is 0 Å². The Balaban J connectivity index is 2.43. The van der Waals surface area contributed by atoms with E-state index in [9.17, 15) is 9.59 Å². The fourth-order valence-corrected chi connectivity index (χ4v) is 3.40. The van der Waals surface area contributed by atoms with Crippen LogP contribution < -0.4 is 14.2 Å². The van der Waals surface area contributed by atoms with Gasteiger partial charge in [-0.2, -0.15) is 0 Å². The van der Waals surface area contributed by atoms with Gasteiger partial charge in [0.1, 0.15) is 10.9 Å². The standard InChI is InChI=1S/C15H15NO6S2/c1-20-9-5-4-8(12(21-2)13(9)22-3)6-10-14(19)16(7-11(17)18)15(23)24-10/h4-6H,7H2,1-3H3,(H,17,18). The van der Waals surface area contributed by atoms with E-state index in [1.54, 1.807) is 18.2 Å². The second-order valence-electron chi connectivity index (χ2n) is 4.59. The van der Waals surface area contributed by atoms with E-state index in [0.717, 1.165) is 16.7 Å². The number of hydrogen-bond donors (Lipinski definition) is 1. The second kappa shape index (κ2) is 7.54. The Morgan fingerprint density at radius 1 is 1.25 bits per heavy atom. The predicted molar refractivity (Wildman–Crippen MR) is 93.6 cm³/mol. The molecule has 2 rings (SSSR count). The van der Waals surface area contributed by atoms with Crippen LogP contribution in [-0.2, 0) is 9.59 Å². The number of hydrogen-bond acceptors (Lipinski definition) is 7. The zero-order chi connectivity index (χ0) is 17.9.